The van der Waals surface area contributed by atoms with Gasteiger partial charge in [0.2, 0.25) is 0 Å². The van der Waals surface area contributed by atoms with Crippen molar-refractivity contribution in [3.05, 3.63) is 29.5 Å². The average Bonchev–Trinajstić information content (AvgIpc) is 2.76. The van der Waals surface area contributed by atoms with Crippen LogP contribution in [-0.4, -0.2) is 39.2 Å². The molecule has 0 aromatic carbocycles. The SMILES string of the molecule is COC(=O)c1cc(C(=O)OC(C)(C)C)n2ncc(F)c2n1. The van der Waals surface area contributed by atoms with Crippen molar-refractivity contribution in [3.63, 3.8) is 0 Å². The molecule has 0 aliphatic carbocycles. The number of rotatable bonds is 2. The summed E-state index contributed by atoms with van der Waals surface area (Å²) in [6, 6.07) is 1.15. The molecule has 0 aliphatic heterocycles. The van der Waals surface area contributed by atoms with E-state index in [1.165, 1.54) is 0 Å². The second kappa shape index (κ2) is 5.12. The minimum Gasteiger partial charge on any atom is -0.464 e. The van der Waals surface area contributed by atoms with Crippen LogP contribution < -0.4 is 0 Å². The summed E-state index contributed by atoms with van der Waals surface area (Å²) in [4.78, 5) is 27.5. The van der Waals surface area contributed by atoms with Crippen LogP contribution in [0.3, 0.4) is 0 Å². The van der Waals surface area contributed by atoms with Gasteiger partial charge in [0.1, 0.15) is 5.60 Å². The van der Waals surface area contributed by atoms with Crippen LogP contribution in [0.4, 0.5) is 4.39 Å². The number of nitrogens with zero attached hydrogens (tertiary/aromatic N) is 3. The Kier molecular flexibility index (Phi) is 3.63. The summed E-state index contributed by atoms with van der Waals surface area (Å²) in [5.41, 5.74) is -1.31. The highest BCUT2D eigenvalue weighted by Gasteiger charge is 2.24. The maximum absolute atomic E-state index is 13.6. The van der Waals surface area contributed by atoms with Crippen LogP contribution in [0.2, 0.25) is 0 Å². The molecule has 2 aromatic rings. The van der Waals surface area contributed by atoms with Gasteiger partial charge in [-0.2, -0.15) is 5.10 Å². The van der Waals surface area contributed by atoms with Crippen LogP contribution >= 0.6 is 0 Å². The lowest BCUT2D eigenvalue weighted by Crippen LogP contribution is -2.26. The molecule has 0 atom stereocenters. The average molecular weight is 295 g/mol. The van der Waals surface area contributed by atoms with Crippen molar-refractivity contribution in [1.82, 2.24) is 14.6 Å². The molecular weight excluding hydrogens is 281 g/mol. The second-order valence-electron chi connectivity index (χ2n) is 5.25. The minimum absolute atomic E-state index is 0.112. The molecule has 0 unspecified atom stereocenters. The molecule has 0 spiro atoms. The van der Waals surface area contributed by atoms with Crippen LogP contribution in [0, 0.1) is 5.82 Å². The number of aromatic nitrogens is 3. The van der Waals surface area contributed by atoms with Crippen molar-refractivity contribution in [1.29, 1.82) is 0 Å². The van der Waals surface area contributed by atoms with Crippen molar-refractivity contribution in [2.75, 3.05) is 7.11 Å². The third-order valence-electron chi connectivity index (χ3n) is 2.43. The Morgan fingerprint density at radius 1 is 1.29 bits per heavy atom. The number of hydrogen-bond acceptors (Lipinski definition) is 6. The lowest BCUT2D eigenvalue weighted by Gasteiger charge is -2.19. The van der Waals surface area contributed by atoms with Crippen LogP contribution in [-0.2, 0) is 9.47 Å². The van der Waals surface area contributed by atoms with Gasteiger partial charge in [-0.15, -0.1) is 0 Å². The van der Waals surface area contributed by atoms with Crippen molar-refractivity contribution in [2.24, 2.45) is 0 Å². The highest BCUT2D eigenvalue weighted by atomic mass is 19.1. The number of esters is 2. The zero-order chi connectivity index (χ0) is 15.8. The molecule has 2 aromatic heterocycles. The van der Waals surface area contributed by atoms with Crippen LogP contribution in [0.25, 0.3) is 5.65 Å². The van der Waals surface area contributed by atoms with Crippen molar-refractivity contribution in [2.45, 2.75) is 26.4 Å². The predicted octanol–water partition coefficient (Wildman–Crippen LogP) is 1.61. The fourth-order valence-corrected chi connectivity index (χ4v) is 1.62. The number of halogens is 1. The molecule has 0 aliphatic rings. The summed E-state index contributed by atoms with van der Waals surface area (Å²) >= 11 is 0. The zero-order valence-corrected chi connectivity index (χ0v) is 12.0. The molecule has 0 radical (unpaired) electrons. The van der Waals surface area contributed by atoms with E-state index in [9.17, 15) is 14.0 Å². The van der Waals surface area contributed by atoms with E-state index in [4.69, 9.17) is 4.74 Å². The largest absolute Gasteiger partial charge is 0.464 e. The van der Waals surface area contributed by atoms with Gasteiger partial charge in [-0.3, -0.25) is 0 Å². The van der Waals surface area contributed by atoms with E-state index in [1.807, 2.05) is 0 Å². The molecule has 0 bridgehead atoms. The van der Waals surface area contributed by atoms with Gasteiger partial charge in [-0.25, -0.2) is 23.5 Å². The van der Waals surface area contributed by atoms with Crippen molar-refractivity contribution >= 4 is 17.6 Å². The van der Waals surface area contributed by atoms with Crippen LogP contribution in [0.15, 0.2) is 12.3 Å². The molecule has 112 valence electrons. The summed E-state index contributed by atoms with van der Waals surface area (Å²) in [6.45, 7) is 5.07. The van der Waals surface area contributed by atoms with Gasteiger partial charge >= 0.3 is 11.9 Å². The smallest absolute Gasteiger partial charge is 0.357 e. The van der Waals surface area contributed by atoms with Gasteiger partial charge in [0.25, 0.3) is 0 Å². The molecule has 2 rings (SSSR count). The Balaban J connectivity index is 2.60. The minimum atomic E-state index is -0.789. The number of ether oxygens (including phenoxy) is 2. The molecule has 0 amide bonds. The quantitative estimate of drug-likeness (QED) is 0.783. The maximum atomic E-state index is 13.6. The number of fused-ring (bicyclic) bond motifs is 1. The van der Waals surface area contributed by atoms with Gasteiger partial charge in [0.15, 0.2) is 22.9 Å². The van der Waals surface area contributed by atoms with Gasteiger partial charge < -0.3 is 9.47 Å². The van der Waals surface area contributed by atoms with E-state index < -0.39 is 23.4 Å². The summed E-state index contributed by atoms with van der Waals surface area (Å²) in [6.07, 6.45) is 0.900. The second-order valence-corrected chi connectivity index (χ2v) is 5.25. The van der Waals surface area contributed by atoms with E-state index in [-0.39, 0.29) is 17.0 Å². The molecule has 21 heavy (non-hydrogen) atoms. The number of methoxy groups -OCH3 is 1. The van der Waals surface area contributed by atoms with E-state index >= 15 is 0 Å². The molecule has 0 fully saturated rings. The summed E-state index contributed by atoms with van der Waals surface area (Å²) in [5, 5.41) is 3.72. The third-order valence-corrected chi connectivity index (χ3v) is 2.43. The molecule has 2 heterocycles. The molecule has 0 N–H and O–H groups in total. The number of carbonyl (C=O) groups is 2. The normalized spacial score (nSPS) is 11.5. The summed E-state index contributed by atoms with van der Waals surface area (Å²) in [7, 11) is 1.16. The lowest BCUT2D eigenvalue weighted by atomic mass is 10.2. The number of carbonyl (C=O) groups excluding carboxylic acids is 2. The third kappa shape index (κ3) is 2.99. The first-order valence-corrected chi connectivity index (χ1v) is 6.09. The Bertz CT molecular complexity index is 718. The van der Waals surface area contributed by atoms with E-state index in [0.29, 0.717) is 0 Å². The molecular formula is C13H14FN3O4. The maximum Gasteiger partial charge on any atom is 0.357 e. The summed E-state index contributed by atoms with van der Waals surface area (Å²) < 4.78 is 24.3. The van der Waals surface area contributed by atoms with E-state index in [1.54, 1.807) is 20.8 Å². The fourth-order valence-electron chi connectivity index (χ4n) is 1.62. The van der Waals surface area contributed by atoms with Crippen molar-refractivity contribution in [3.8, 4) is 0 Å². The van der Waals surface area contributed by atoms with Crippen LogP contribution in [0.1, 0.15) is 41.7 Å². The highest BCUT2D eigenvalue weighted by molar-refractivity contribution is 5.93. The fraction of sp³-hybridized carbons (Fsp3) is 0.385. The van der Waals surface area contributed by atoms with E-state index in [0.717, 1.165) is 23.9 Å². The Labute approximate surface area is 119 Å². The van der Waals surface area contributed by atoms with Crippen molar-refractivity contribution < 1.29 is 23.5 Å². The lowest BCUT2D eigenvalue weighted by molar-refractivity contribution is 0.00596. The molecule has 8 heteroatoms. The van der Waals surface area contributed by atoms with E-state index in [2.05, 4.69) is 14.8 Å². The van der Waals surface area contributed by atoms with Crippen LogP contribution in [0.5, 0.6) is 0 Å². The van der Waals surface area contributed by atoms with Gasteiger partial charge in [0, 0.05) is 6.07 Å². The monoisotopic (exact) mass is 295 g/mol. The topological polar surface area (TPSA) is 82.8 Å². The molecule has 0 saturated heterocycles. The molecule has 7 nitrogen and oxygen atoms in total. The van der Waals surface area contributed by atoms with Gasteiger partial charge in [-0.05, 0) is 20.8 Å². The highest BCUT2D eigenvalue weighted by Crippen LogP contribution is 2.16. The Hall–Kier alpha value is -2.51. The summed E-state index contributed by atoms with van der Waals surface area (Å²) in [5.74, 6) is -2.29. The molecule has 0 saturated carbocycles. The zero-order valence-electron chi connectivity index (χ0n) is 12.0. The Morgan fingerprint density at radius 3 is 2.52 bits per heavy atom. The standard InChI is InChI=1S/C13H14FN3O4/c1-13(2,3)21-12(19)9-5-8(11(18)20-4)16-10-7(14)6-15-17(9)10/h5-6H,1-4H3. The van der Waals surface area contributed by atoms with Gasteiger partial charge in [0.05, 0.1) is 13.3 Å². The first-order chi connectivity index (χ1) is 9.73. The first kappa shape index (κ1) is 14.9. The first-order valence-electron chi connectivity index (χ1n) is 6.09. The van der Waals surface area contributed by atoms with Gasteiger partial charge in [-0.1, -0.05) is 0 Å². The Morgan fingerprint density at radius 2 is 1.95 bits per heavy atom. The predicted molar refractivity (Wildman–Crippen MR) is 69.5 cm³/mol. The number of hydrogen-bond donors (Lipinski definition) is 0.